The van der Waals surface area contributed by atoms with E-state index in [1.165, 1.54) is 12.1 Å². The Morgan fingerprint density at radius 1 is 1.29 bits per heavy atom. The zero-order valence-corrected chi connectivity index (χ0v) is 12.4. The summed E-state index contributed by atoms with van der Waals surface area (Å²) in [4.78, 5) is 23.7. The Hall–Kier alpha value is -1.75. The number of benzene rings is 1. The molecule has 1 aromatic carbocycles. The third-order valence-corrected chi connectivity index (χ3v) is 4.17. The standard InChI is InChI=1S/C15H19ClN2O3/c16-10-6-7-11(12(17)8-10)14(19)18-13(15(20)21)9-4-2-1-3-5-9/h6-9,13H,1-5,17H2,(H,18,19)(H,20,21)/t13-/m0/s1. The number of carbonyl (C=O) groups excluding carboxylic acids is 1. The Morgan fingerprint density at radius 2 is 1.95 bits per heavy atom. The third kappa shape index (κ3) is 3.88. The topological polar surface area (TPSA) is 92.4 Å². The van der Waals surface area contributed by atoms with Crippen LogP contribution in [0.5, 0.6) is 0 Å². The molecule has 0 unspecified atom stereocenters. The molecule has 0 aromatic heterocycles. The Balaban J connectivity index is 2.12. The van der Waals surface area contributed by atoms with E-state index in [1.54, 1.807) is 6.07 Å². The molecule has 21 heavy (non-hydrogen) atoms. The highest BCUT2D eigenvalue weighted by Gasteiger charge is 2.31. The number of amides is 1. The molecule has 0 heterocycles. The number of halogens is 1. The van der Waals surface area contributed by atoms with Crippen molar-refractivity contribution >= 4 is 29.2 Å². The normalized spacial score (nSPS) is 17.2. The molecule has 2 rings (SSSR count). The van der Waals surface area contributed by atoms with Gasteiger partial charge in [-0.05, 0) is 37.0 Å². The van der Waals surface area contributed by atoms with Crippen molar-refractivity contribution in [3.05, 3.63) is 28.8 Å². The van der Waals surface area contributed by atoms with E-state index >= 15 is 0 Å². The molecule has 1 aromatic rings. The zero-order chi connectivity index (χ0) is 15.4. The lowest BCUT2D eigenvalue weighted by Crippen LogP contribution is -2.46. The van der Waals surface area contributed by atoms with Crippen LogP contribution in [-0.2, 0) is 4.79 Å². The first-order chi connectivity index (χ1) is 9.99. The minimum Gasteiger partial charge on any atom is -0.480 e. The summed E-state index contributed by atoms with van der Waals surface area (Å²) in [7, 11) is 0. The summed E-state index contributed by atoms with van der Waals surface area (Å²) < 4.78 is 0. The van der Waals surface area contributed by atoms with Crippen LogP contribution < -0.4 is 11.1 Å². The smallest absolute Gasteiger partial charge is 0.326 e. The molecule has 0 aliphatic heterocycles. The summed E-state index contributed by atoms with van der Waals surface area (Å²) in [6.45, 7) is 0. The minimum atomic E-state index is -0.997. The van der Waals surface area contributed by atoms with Gasteiger partial charge in [-0.15, -0.1) is 0 Å². The molecular formula is C15H19ClN2O3. The molecule has 1 aliphatic rings. The highest BCUT2D eigenvalue weighted by molar-refractivity contribution is 6.31. The summed E-state index contributed by atoms with van der Waals surface area (Å²) >= 11 is 5.79. The van der Waals surface area contributed by atoms with Crippen molar-refractivity contribution in [1.82, 2.24) is 5.32 Å². The predicted octanol–water partition coefficient (Wildman–Crippen LogP) is 2.69. The van der Waals surface area contributed by atoms with Crippen LogP contribution in [0.4, 0.5) is 5.69 Å². The fourth-order valence-corrected chi connectivity index (χ4v) is 2.99. The van der Waals surface area contributed by atoms with Crippen molar-refractivity contribution in [2.45, 2.75) is 38.1 Å². The minimum absolute atomic E-state index is 0.0197. The Morgan fingerprint density at radius 3 is 2.52 bits per heavy atom. The zero-order valence-electron chi connectivity index (χ0n) is 11.6. The second-order valence-electron chi connectivity index (χ2n) is 5.42. The average Bonchev–Trinajstić information content (AvgIpc) is 2.45. The molecule has 1 fully saturated rings. The number of carboxylic acid groups (broad SMARTS) is 1. The first-order valence-electron chi connectivity index (χ1n) is 7.07. The van der Waals surface area contributed by atoms with E-state index in [2.05, 4.69) is 5.32 Å². The second kappa shape index (κ2) is 6.80. The largest absolute Gasteiger partial charge is 0.480 e. The van der Waals surface area contributed by atoms with Crippen molar-refractivity contribution < 1.29 is 14.7 Å². The van der Waals surface area contributed by atoms with Gasteiger partial charge in [0.05, 0.1) is 5.56 Å². The number of nitrogens with one attached hydrogen (secondary N) is 1. The molecule has 1 amide bonds. The van der Waals surface area contributed by atoms with Crippen molar-refractivity contribution in [3.8, 4) is 0 Å². The molecular weight excluding hydrogens is 292 g/mol. The number of rotatable bonds is 4. The van der Waals surface area contributed by atoms with Gasteiger partial charge in [0.2, 0.25) is 0 Å². The van der Waals surface area contributed by atoms with E-state index in [-0.39, 0.29) is 17.2 Å². The van der Waals surface area contributed by atoms with E-state index in [0.717, 1.165) is 32.1 Å². The van der Waals surface area contributed by atoms with Gasteiger partial charge in [-0.3, -0.25) is 4.79 Å². The van der Waals surface area contributed by atoms with Crippen LogP contribution >= 0.6 is 11.6 Å². The van der Waals surface area contributed by atoms with Gasteiger partial charge in [-0.2, -0.15) is 0 Å². The van der Waals surface area contributed by atoms with Gasteiger partial charge in [0.25, 0.3) is 5.91 Å². The van der Waals surface area contributed by atoms with E-state index in [0.29, 0.717) is 5.02 Å². The van der Waals surface area contributed by atoms with Crippen LogP contribution in [0, 0.1) is 5.92 Å². The van der Waals surface area contributed by atoms with E-state index in [4.69, 9.17) is 17.3 Å². The Bertz CT molecular complexity index is 542. The summed E-state index contributed by atoms with van der Waals surface area (Å²) in [6.07, 6.45) is 4.79. The van der Waals surface area contributed by atoms with E-state index < -0.39 is 17.9 Å². The highest BCUT2D eigenvalue weighted by atomic mass is 35.5. The molecule has 1 atom stereocenters. The lowest BCUT2D eigenvalue weighted by Gasteiger charge is -2.28. The maximum Gasteiger partial charge on any atom is 0.326 e. The Labute approximate surface area is 128 Å². The number of carbonyl (C=O) groups is 2. The maximum absolute atomic E-state index is 12.2. The number of nitrogens with two attached hydrogens (primary N) is 1. The SMILES string of the molecule is Nc1cc(Cl)ccc1C(=O)N[C@H](C(=O)O)C1CCCCC1. The van der Waals surface area contributed by atoms with Crippen molar-refractivity contribution in [2.75, 3.05) is 5.73 Å². The second-order valence-corrected chi connectivity index (χ2v) is 5.86. The van der Waals surface area contributed by atoms with Crippen LogP contribution in [0.3, 0.4) is 0 Å². The molecule has 1 saturated carbocycles. The highest BCUT2D eigenvalue weighted by Crippen LogP contribution is 2.27. The molecule has 0 spiro atoms. The summed E-state index contributed by atoms with van der Waals surface area (Å²) in [6, 6.07) is 3.68. The van der Waals surface area contributed by atoms with Crippen LogP contribution in [-0.4, -0.2) is 23.0 Å². The monoisotopic (exact) mass is 310 g/mol. The third-order valence-electron chi connectivity index (χ3n) is 3.93. The summed E-state index contributed by atoms with van der Waals surface area (Å²) in [5.74, 6) is -1.49. The molecule has 0 saturated heterocycles. The van der Waals surface area contributed by atoms with Crippen LogP contribution in [0.15, 0.2) is 18.2 Å². The van der Waals surface area contributed by atoms with Gasteiger partial charge in [0, 0.05) is 10.7 Å². The summed E-state index contributed by atoms with van der Waals surface area (Å²) in [5, 5.41) is 12.4. The van der Waals surface area contributed by atoms with Crippen LogP contribution in [0.1, 0.15) is 42.5 Å². The van der Waals surface area contributed by atoms with Gasteiger partial charge in [-0.25, -0.2) is 4.79 Å². The first kappa shape index (κ1) is 15.6. The number of nitrogen functional groups attached to an aromatic ring is 1. The molecule has 4 N–H and O–H groups in total. The number of carboxylic acids is 1. The van der Waals surface area contributed by atoms with Gasteiger partial charge in [-0.1, -0.05) is 30.9 Å². The predicted molar refractivity (Wildman–Crippen MR) is 81.3 cm³/mol. The lowest BCUT2D eigenvalue weighted by molar-refractivity contribution is -0.141. The van der Waals surface area contributed by atoms with E-state index in [9.17, 15) is 14.7 Å². The Kier molecular flexibility index (Phi) is 5.07. The fourth-order valence-electron chi connectivity index (χ4n) is 2.81. The maximum atomic E-state index is 12.2. The lowest BCUT2D eigenvalue weighted by atomic mass is 9.84. The van der Waals surface area contributed by atoms with Gasteiger partial charge in [0.15, 0.2) is 0 Å². The first-order valence-corrected chi connectivity index (χ1v) is 7.45. The number of hydrogen-bond acceptors (Lipinski definition) is 3. The van der Waals surface area contributed by atoms with Crippen LogP contribution in [0.2, 0.25) is 5.02 Å². The van der Waals surface area contributed by atoms with Crippen molar-refractivity contribution in [2.24, 2.45) is 5.92 Å². The molecule has 0 bridgehead atoms. The molecule has 5 nitrogen and oxygen atoms in total. The molecule has 114 valence electrons. The average molecular weight is 311 g/mol. The molecule has 0 radical (unpaired) electrons. The van der Waals surface area contributed by atoms with Crippen molar-refractivity contribution in [1.29, 1.82) is 0 Å². The number of anilines is 1. The van der Waals surface area contributed by atoms with Gasteiger partial charge < -0.3 is 16.2 Å². The fraction of sp³-hybridized carbons (Fsp3) is 0.467. The number of aliphatic carboxylic acids is 1. The molecule has 1 aliphatic carbocycles. The molecule has 6 heteroatoms. The van der Waals surface area contributed by atoms with Gasteiger partial charge >= 0.3 is 5.97 Å². The number of hydrogen-bond donors (Lipinski definition) is 3. The summed E-state index contributed by atoms with van der Waals surface area (Å²) in [5.41, 5.74) is 6.25. The quantitative estimate of drug-likeness (QED) is 0.745. The van der Waals surface area contributed by atoms with Crippen LogP contribution in [0.25, 0.3) is 0 Å². The van der Waals surface area contributed by atoms with Gasteiger partial charge in [0.1, 0.15) is 6.04 Å². The van der Waals surface area contributed by atoms with E-state index in [1.807, 2.05) is 0 Å². The van der Waals surface area contributed by atoms with Crippen molar-refractivity contribution in [3.63, 3.8) is 0 Å².